The molecule has 0 aliphatic carbocycles. The standard InChI is InChI=1S/C22H23N3O5/c1-4-6-16-12-15(13-19(29-3)20(16)26)14-23-25-22(28)21(27)24-17-7-9-18(10-8-17)30-11-5-2/h4-5,7-10,12-14,26H,1-2,6,11H2,3H3,(H,24,27)(H,25,28)/b23-14+. The number of nitrogens with zero attached hydrogens (tertiary/aromatic N) is 1. The SMILES string of the molecule is C=CCOc1ccc(NC(=O)C(=O)N/N=C/c2cc(CC=C)c(O)c(OC)c2)cc1. The minimum Gasteiger partial charge on any atom is -0.504 e. The fourth-order valence-corrected chi connectivity index (χ4v) is 2.42. The lowest BCUT2D eigenvalue weighted by Gasteiger charge is -2.09. The molecule has 0 aromatic heterocycles. The number of amides is 2. The highest BCUT2D eigenvalue weighted by atomic mass is 16.5. The third-order valence-corrected chi connectivity index (χ3v) is 3.83. The molecule has 2 aromatic rings. The van der Waals surface area contributed by atoms with Crippen molar-refractivity contribution in [1.29, 1.82) is 0 Å². The van der Waals surface area contributed by atoms with Gasteiger partial charge < -0.3 is 19.9 Å². The third-order valence-electron chi connectivity index (χ3n) is 3.83. The van der Waals surface area contributed by atoms with Gasteiger partial charge in [-0.3, -0.25) is 9.59 Å². The lowest BCUT2D eigenvalue weighted by molar-refractivity contribution is -0.136. The largest absolute Gasteiger partial charge is 0.504 e. The second kappa shape index (κ2) is 11.1. The minimum absolute atomic E-state index is 0.0128. The van der Waals surface area contributed by atoms with E-state index in [0.717, 1.165) is 0 Å². The predicted octanol–water partition coefficient (Wildman–Crippen LogP) is 2.78. The van der Waals surface area contributed by atoms with Crippen molar-refractivity contribution in [3.63, 3.8) is 0 Å². The van der Waals surface area contributed by atoms with Crippen molar-refractivity contribution >= 4 is 23.7 Å². The lowest BCUT2D eigenvalue weighted by atomic mass is 10.1. The first-order valence-corrected chi connectivity index (χ1v) is 8.97. The van der Waals surface area contributed by atoms with Crippen molar-refractivity contribution in [2.45, 2.75) is 6.42 Å². The van der Waals surface area contributed by atoms with Gasteiger partial charge in [-0.25, -0.2) is 5.43 Å². The zero-order valence-electron chi connectivity index (χ0n) is 16.6. The van der Waals surface area contributed by atoms with Crippen LogP contribution in [0.4, 0.5) is 5.69 Å². The van der Waals surface area contributed by atoms with E-state index < -0.39 is 11.8 Å². The first kappa shape index (κ1) is 22.2. The molecule has 8 heteroatoms. The molecule has 0 aliphatic heterocycles. The highest BCUT2D eigenvalue weighted by Crippen LogP contribution is 2.31. The molecule has 2 rings (SSSR count). The summed E-state index contributed by atoms with van der Waals surface area (Å²) in [6, 6.07) is 9.76. The summed E-state index contributed by atoms with van der Waals surface area (Å²) in [5.41, 5.74) is 3.75. The average Bonchev–Trinajstić information content (AvgIpc) is 2.75. The number of hydrazone groups is 1. The maximum absolute atomic E-state index is 12.0. The van der Waals surface area contributed by atoms with E-state index in [1.807, 2.05) is 0 Å². The Labute approximate surface area is 174 Å². The van der Waals surface area contributed by atoms with E-state index >= 15 is 0 Å². The molecular weight excluding hydrogens is 386 g/mol. The van der Waals surface area contributed by atoms with E-state index in [-0.39, 0.29) is 11.5 Å². The van der Waals surface area contributed by atoms with E-state index in [2.05, 4.69) is 29.0 Å². The Balaban J connectivity index is 1.96. The van der Waals surface area contributed by atoms with Crippen molar-refractivity contribution in [1.82, 2.24) is 5.43 Å². The molecule has 30 heavy (non-hydrogen) atoms. The first-order valence-electron chi connectivity index (χ1n) is 8.97. The topological polar surface area (TPSA) is 109 Å². The molecule has 0 heterocycles. The van der Waals surface area contributed by atoms with Gasteiger partial charge in [0.2, 0.25) is 0 Å². The van der Waals surface area contributed by atoms with Gasteiger partial charge >= 0.3 is 11.8 Å². The number of aromatic hydroxyl groups is 1. The number of carbonyl (C=O) groups is 2. The van der Waals surface area contributed by atoms with Gasteiger partial charge in [-0.2, -0.15) is 5.10 Å². The summed E-state index contributed by atoms with van der Waals surface area (Å²) in [6.45, 7) is 7.57. The highest BCUT2D eigenvalue weighted by molar-refractivity contribution is 6.39. The van der Waals surface area contributed by atoms with Crippen LogP contribution < -0.4 is 20.2 Å². The van der Waals surface area contributed by atoms with Gasteiger partial charge in [-0.05, 0) is 48.4 Å². The van der Waals surface area contributed by atoms with Crippen molar-refractivity contribution in [2.75, 3.05) is 19.0 Å². The molecule has 8 nitrogen and oxygen atoms in total. The molecule has 0 spiro atoms. The number of hydrogen-bond donors (Lipinski definition) is 3. The van der Waals surface area contributed by atoms with Crippen LogP contribution >= 0.6 is 0 Å². The number of nitrogens with one attached hydrogen (secondary N) is 2. The lowest BCUT2D eigenvalue weighted by Crippen LogP contribution is -2.32. The summed E-state index contributed by atoms with van der Waals surface area (Å²) in [4.78, 5) is 23.9. The molecule has 0 fully saturated rings. The zero-order valence-corrected chi connectivity index (χ0v) is 16.6. The fourth-order valence-electron chi connectivity index (χ4n) is 2.42. The van der Waals surface area contributed by atoms with Crippen molar-refractivity contribution in [2.24, 2.45) is 5.10 Å². The third kappa shape index (κ3) is 6.23. The number of phenols is 1. The van der Waals surface area contributed by atoms with E-state index in [9.17, 15) is 14.7 Å². The number of ether oxygens (including phenoxy) is 2. The summed E-state index contributed by atoms with van der Waals surface area (Å²) in [5, 5.41) is 16.3. The van der Waals surface area contributed by atoms with E-state index in [1.54, 1.807) is 48.6 Å². The van der Waals surface area contributed by atoms with Crippen LogP contribution in [0.25, 0.3) is 0 Å². The van der Waals surface area contributed by atoms with Crippen LogP contribution in [0.1, 0.15) is 11.1 Å². The summed E-state index contributed by atoms with van der Waals surface area (Å²) >= 11 is 0. The second-order valence-electron chi connectivity index (χ2n) is 6.00. The summed E-state index contributed by atoms with van der Waals surface area (Å²) in [5.74, 6) is -0.917. The number of carbonyl (C=O) groups excluding carboxylic acids is 2. The average molecular weight is 409 g/mol. The molecule has 156 valence electrons. The molecule has 0 unspecified atom stereocenters. The normalized spacial score (nSPS) is 10.3. The second-order valence-corrected chi connectivity index (χ2v) is 6.00. The van der Waals surface area contributed by atoms with Crippen LogP contribution in [0, 0.1) is 0 Å². The van der Waals surface area contributed by atoms with Gasteiger partial charge in [-0.1, -0.05) is 18.7 Å². The van der Waals surface area contributed by atoms with Crippen LogP contribution in [0.15, 0.2) is 66.8 Å². The Morgan fingerprint density at radius 2 is 1.87 bits per heavy atom. The number of phenolic OH excluding ortho intramolecular Hbond substituents is 1. The first-order chi connectivity index (χ1) is 14.5. The molecular formula is C22H23N3O5. The Kier molecular flexibility index (Phi) is 8.19. The number of rotatable bonds is 9. The van der Waals surface area contributed by atoms with Gasteiger partial charge in [0.15, 0.2) is 11.5 Å². The quantitative estimate of drug-likeness (QED) is 0.255. The van der Waals surface area contributed by atoms with Crippen LogP contribution in [0.5, 0.6) is 17.2 Å². The Morgan fingerprint density at radius 1 is 1.13 bits per heavy atom. The van der Waals surface area contributed by atoms with Crippen molar-refractivity contribution < 1.29 is 24.2 Å². The van der Waals surface area contributed by atoms with Gasteiger partial charge in [-0.15, -0.1) is 6.58 Å². The highest BCUT2D eigenvalue weighted by Gasteiger charge is 2.13. The van der Waals surface area contributed by atoms with E-state index in [4.69, 9.17) is 9.47 Å². The Bertz CT molecular complexity index is 952. The van der Waals surface area contributed by atoms with E-state index in [0.29, 0.717) is 35.6 Å². The molecule has 0 saturated heterocycles. The van der Waals surface area contributed by atoms with Crippen LogP contribution in [0.3, 0.4) is 0 Å². The zero-order chi connectivity index (χ0) is 21.9. The number of methoxy groups -OCH3 is 1. The summed E-state index contributed by atoms with van der Waals surface area (Å²) in [6.07, 6.45) is 5.02. The molecule has 0 saturated carbocycles. The molecule has 3 N–H and O–H groups in total. The van der Waals surface area contributed by atoms with Gasteiger partial charge in [0.1, 0.15) is 12.4 Å². The monoisotopic (exact) mass is 409 g/mol. The van der Waals surface area contributed by atoms with Gasteiger partial charge in [0.25, 0.3) is 0 Å². The summed E-state index contributed by atoms with van der Waals surface area (Å²) in [7, 11) is 1.43. The molecule has 2 amide bonds. The van der Waals surface area contributed by atoms with Crippen molar-refractivity contribution in [3.8, 4) is 17.2 Å². The van der Waals surface area contributed by atoms with Crippen LogP contribution in [-0.4, -0.2) is 36.9 Å². The maximum Gasteiger partial charge on any atom is 0.329 e. The molecule has 2 aromatic carbocycles. The van der Waals surface area contributed by atoms with Gasteiger partial charge in [0, 0.05) is 11.3 Å². The van der Waals surface area contributed by atoms with Crippen LogP contribution in [0.2, 0.25) is 0 Å². The maximum atomic E-state index is 12.0. The molecule has 0 radical (unpaired) electrons. The number of anilines is 1. The number of benzene rings is 2. The molecule has 0 bridgehead atoms. The number of allylic oxidation sites excluding steroid dienone is 1. The summed E-state index contributed by atoms with van der Waals surface area (Å²) < 4.78 is 10.5. The fraction of sp³-hybridized carbons (Fsp3) is 0.136. The molecule has 0 aliphatic rings. The Morgan fingerprint density at radius 3 is 2.50 bits per heavy atom. The number of hydrogen-bond acceptors (Lipinski definition) is 6. The predicted molar refractivity (Wildman–Crippen MR) is 115 cm³/mol. The Hall–Kier alpha value is -4.07. The minimum atomic E-state index is -0.935. The van der Waals surface area contributed by atoms with Crippen LogP contribution in [-0.2, 0) is 16.0 Å². The van der Waals surface area contributed by atoms with Gasteiger partial charge in [0.05, 0.1) is 13.3 Å². The van der Waals surface area contributed by atoms with Crippen molar-refractivity contribution in [3.05, 3.63) is 72.8 Å². The molecule has 0 atom stereocenters. The smallest absolute Gasteiger partial charge is 0.329 e. The van der Waals surface area contributed by atoms with E-state index in [1.165, 1.54) is 13.3 Å².